The minimum absolute atomic E-state index is 0.184. The zero-order chi connectivity index (χ0) is 14.4. The second-order valence-electron chi connectivity index (χ2n) is 4.27. The number of nitrogens with zero attached hydrogens (tertiary/aromatic N) is 4. The molecule has 0 saturated carbocycles. The minimum Gasteiger partial charge on any atom is -0.409 e. The molecular weight excluding hydrogens is 260 g/mol. The van der Waals surface area contributed by atoms with Crippen LogP contribution in [0.15, 0.2) is 29.9 Å². The molecule has 8 heteroatoms. The molecule has 2 heterocycles. The summed E-state index contributed by atoms with van der Waals surface area (Å²) >= 11 is 0. The van der Waals surface area contributed by atoms with Crippen LogP contribution in [0, 0.1) is 0 Å². The predicted octanol–water partition coefficient (Wildman–Crippen LogP) is 0.376. The van der Waals surface area contributed by atoms with Crippen LogP contribution in [0.4, 0.5) is 0 Å². The zero-order valence-electron chi connectivity index (χ0n) is 10.9. The monoisotopic (exact) mass is 276 g/mol. The van der Waals surface area contributed by atoms with Crippen molar-refractivity contribution in [2.75, 3.05) is 6.54 Å². The summed E-state index contributed by atoms with van der Waals surface area (Å²) < 4.78 is 1.60. The molecule has 0 saturated heterocycles. The summed E-state index contributed by atoms with van der Waals surface area (Å²) in [6.45, 7) is 0.523. The highest BCUT2D eigenvalue weighted by molar-refractivity contribution is 6.00. The lowest BCUT2D eigenvalue weighted by Crippen LogP contribution is -2.24. The van der Waals surface area contributed by atoms with Crippen LogP contribution in [0.3, 0.4) is 0 Å². The molecule has 0 radical (unpaired) electrons. The van der Waals surface area contributed by atoms with Crippen molar-refractivity contribution in [3.63, 3.8) is 0 Å². The molecule has 8 nitrogen and oxygen atoms in total. The van der Waals surface area contributed by atoms with Gasteiger partial charge in [0.2, 0.25) is 0 Å². The van der Waals surface area contributed by atoms with Crippen molar-refractivity contribution in [2.24, 2.45) is 10.9 Å². The van der Waals surface area contributed by atoms with Crippen molar-refractivity contribution in [3.8, 4) is 0 Å². The quantitative estimate of drug-likeness (QED) is 0.232. The van der Waals surface area contributed by atoms with E-state index in [1.807, 2.05) is 0 Å². The Labute approximate surface area is 115 Å². The number of nitrogens with two attached hydrogens (primary N) is 1. The lowest BCUT2D eigenvalue weighted by molar-refractivity contribution is 0.0954. The molecule has 0 atom stereocenters. The molecule has 4 N–H and O–H groups in total. The number of carbonyl (C=O) groups is 1. The average molecular weight is 276 g/mol. The number of amides is 1. The summed E-state index contributed by atoms with van der Waals surface area (Å²) in [7, 11) is 0. The van der Waals surface area contributed by atoms with Crippen molar-refractivity contribution >= 4 is 17.3 Å². The highest BCUT2D eigenvalue weighted by Crippen LogP contribution is 2.08. The molecule has 0 spiro atoms. The molecule has 20 heavy (non-hydrogen) atoms. The van der Waals surface area contributed by atoms with E-state index in [2.05, 4.69) is 20.6 Å². The molecule has 0 fully saturated rings. The van der Waals surface area contributed by atoms with Crippen molar-refractivity contribution in [1.29, 1.82) is 0 Å². The highest BCUT2D eigenvalue weighted by Gasteiger charge is 2.11. The maximum Gasteiger partial charge on any atom is 0.255 e. The van der Waals surface area contributed by atoms with E-state index in [1.54, 1.807) is 23.1 Å². The van der Waals surface area contributed by atoms with Crippen LogP contribution in [-0.4, -0.2) is 38.1 Å². The lowest BCUT2D eigenvalue weighted by atomic mass is 10.2. The van der Waals surface area contributed by atoms with E-state index < -0.39 is 0 Å². The van der Waals surface area contributed by atoms with Gasteiger partial charge in [0.15, 0.2) is 0 Å². The summed E-state index contributed by atoms with van der Waals surface area (Å²) in [6.07, 6.45) is 8.40. The highest BCUT2D eigenvalue weighted by atomic mass is 16.4. The van der Waals surface area contributed by atoms with Gasteiger partial charge < -0.3 is 16.3 Å². The summed E-state index contributed by atoms with van der Waals surface area (Å²) in [5.41, 5.74) is 6.51. The van der Waals surface area contributed by atoms with Crippen molar-refractivity contribution in [1.82, 2.24) is 19.9 Å². The minimum atomic E-state index is -0.184. The summed E-state index contributed by atoms with van der Waals surface area (Å²) in [5, 5.41) is 18.1. The van der Waals surface area contributed by atoms with E-state index in [0.29, 0.717) is 24.0 Å². The second kappa shape index (κ2) is 6.50. The molecular formula is C12H16N6O2. The van der Waals surface area contributed by atoms with Gasteiger partial charge in [0.05, 0.1) is 23.5 Å². The van der Waals surface area contributed by atoms with Gasteiger partial charge in [0.25, 0.3) is 5.91 Å². The van der Waals surface area contributed by atoms with E-state index in [0.717, 1.165) is 12.8 Å². The number of unbranched alkanes of at least 4 members (excludes halogenated alkanes) is 1. The largest absolute Gasteiger partial charge is 0.409 e. The molecule has 2 aromatic heterocycles. The predicted molar refractivity (Wildman–Crippen MR) is 72.6 cm³/mol. The van der Waals surface area contributed by atoms with Gasteiger partial charge in [-0.15, -0.1) is 0 Å². The number of amidine groups is 1. The summed E-state index contributed by atoms with van der Waals surface area (Å²) in [5.74, 6) is 0.0156. The number of hydrogen-bond acceptors (Lipinski definition) is 5. The first-order valence-corrected chi connectivity index (χ1v) is 6.24. The first-order valence-electron chi connectivity index (χ1n) is 6.24. The average Bonchev–Trinajstić information content (AvgIpc) is 2.90. The Morgan fingerprint density at radius 1 is 1.45 bits per heavy atom. The summed E-state index contributed by atoms with van der Waals surface area (Å²) in [6, 6.07) is 0. The smallest absolute Gasteiger partial charge is 0.255 e. The van der Waals surface area contributed by atoms with Crippen LogP contribution >= 0.6 is 0 Å². The molecule has 0 aliphatic carbocycles. The molecule has 0 unspecified atom stereocenters. The van der Waals surface area contributed by atoms with E-state index in [-0.39, 0.29) is 11.7 Å². The van der Waals surface area contributed by atoms with Gasteiger partial charge in [-0.3, -0.25) is 9.78 Å². The molecule has 106 valence electrons. The third kappa shape index (κ3) is 3.22. The van der Waals surface area contributed by atoms with Crippen LogP contribution in [-0.2, 0) is 0 Å². The van der Waals surface area contributed by atoms with Gasteiger partial charge in [-0.1, -0.05) is 5.16 Å². The number of fused-ring (bicyclic) bond motifs is 1. The van der Waals surface area contributed by atoms with Gasteiger partial charge in [-0.05, 0) is 12.8 Å². The fraction of sp³-hybridized carbons (Fsp3) is 0.333. The van der Waals surface area contributed by atoms with Crippen LogP contribution in [0.5, 0.6) is 0 Å². The topological polar surface area (TPSA) is 118 Å². The van der Waals surface area contributed by atoms with E-state index in [9.17, 15) is 4.79 Å². The Hall–Kier alpha value is -2.64. The van der Waals surface area contributed by atoms with Crippen LogP contribution in [0.1, 0.15) is 29.6 Å². The fourth-order valence-electron chi connectivity index (χ4n) is 1.79. The van der Waals surface area contributed by atoms with Crippen molar-refractivity contribution in [3.05, 3.63) is 30.4 Å². The first-order chi connectivity index (χ1) is 9.72. The number of hydrogen-bond donors (Lipinski definition) is 3. The third-order valence-corrected chi connectivity index (χ3v) is 2.84. The third-order valence-electron chi connectivity index (χ3n) is 2.84. The number of oxime groups is 1. The summed E-state index contributed by atoms with van der Waals surface area (Å²) in [4.78, 5) is 16.0. The maximum absolute atomic E-state index is 12.0. The molecule has 1 amide bonds. The second-order valence-corrected chi connectivity index (χ2v) is 4.27. The van der Waals surface area contributed by atoms with E-state index in [4.69, 9.17) is 10.9 Å². The van der Waals surface area contributed by atoms with E-state index in [1.165, 1.54) is 6.20 Å². The lowest BCUT2D eigenvalue weighted by Gasteiger charge is -2.03. The van der Waals surface area contributed by atoms with Crippen LogP contribution < -0.4 is 11.1 Å². The molecule has 0 aromatic carbocycles. The maximum atomic E-state index is 12.0. The molecule has 2 aromatic rings. The van der Waals surface area contributed by atoms with Gasteiger partial charge in [-0.2, -0.15) is 5.10 Å². The number of aromatic nitrogens is 3. The Kier molecular flexibility index (Phi) is 4.48. The standard InChI is InChI=1S/C12H16N6O2/c13-11(17-20)3-1-2-4-15-12(19)9-7-16-18-6-5-14-8-10(9)18/h5-8,20H,1-4H2,(H2,13,17)(H,15,19). The number of carbonyl (C=O) groups excluding carboxylic acids is 1. The Balaban J connectivity index is 1.83. The van der Waals surface area contributed by atoms with Gasteiger partial charge >= 0.3 is 0 Å². The van der Waals surface area contributed by atoms with Gasteiger partial charge in [0, 0.05) is 25.4 Å². The number of nitrogens with one attached hydrogen (secondary N) is 1. The molecule has 0 aliphatic rings. The van der Waals surface area contributed by atoms with Crippen molar-refractivity contribution < 1.29 is 10.0 Å². The first kappa shape index (κ1) is 13.8. The Bertz CT molecular complexity index is 621. The van der Waals surface area contributed by atoms with Crippen LogP contribution in [0.2, 0.25) is 0 Å². The SMILES string of the molecule is N/C(CCCCNC(=O)c1cnn2ccncc12)=N/O. The molecule has 0 aliphatic heterocycles. The molecule has 0 bridgehead atoms. The Morgan fingerprint density at radius 2 is 2.30 bits per heavy atom. The molecule has 2 rings (SSSR count). The Morgan fingerprint density at radius 3 is 3.10 bits per heavy atom. The van der Waals surface area contributed by atoms with Crippen molar-refractivity contribution in [2.45, 2.75) is 19.3 Å². The van der Waals surface area contributed by atoms with Crippen LogP contribution in [0.25, 0.3) is 5.52 Å². The normalized spacial score (nSPS) is 11.7. The zero-order valence-corrected chi connectivity index (χ0v) is 10.9. The number of rotatable bonds is 6. The van der Waals surface area contributed by atoms with Gasteiger partial charge in [0.1, 0.15) is 5.84 Å². The van der Waals surface area contributed by atoms with E-state index >= 15 is 0 Å². The fourth-order valence-corrected chi connectivity index (χ4v) is 1.79. The van der Waals surface area contributed by atoms with Gasteiger partial charge in [-0.25, -0.2) is 4.52 Å².